The van der Waals surface area contributed by atoms with Gasteiger partial charge in [0.1, 0.15) is 23.7 Å². The predicted octanol–water partition coefficient (Wildman–Crippen LogP) is 5.86. The molecule has 0 aliphatic carbocycles. The number of nitrogens with zero attached hydrogens (tertiary/aromatic N) is 1. The lowest BCUT2D eigenvalue weighted by atomic mass is 10.1. The Bertz CT molecular complexity index is 1280. The van der Waals surface area contributed by atoms with Crippen molar-refractivity contribution < 1.29 is 23.9 Å². The van der Waals surface area contributed by atoms with Gasteiger partial charge in [0.25, 0.3) is 11.8 Å². The number of hydrogen-bond acceptors (Lipinski definition) is 5. The maximum Gasteiger partial charge on any atom is 0.335 e. The molecule has 0 bridgehead atoms. The standard InChI is InChI=1S/C26H20Br2N2O5/c1-2-34-23-21(27)13-17(14-22(23)28)12-20-24(31)29-26(33)30(25(20)32)18-8-10-19(11-9-18)35-15-16-6-4-3-5-7-16/h3-14H,2,15H2,1H3,(H,29,31,33)/b20-12+. The summed E-state index contributed by atoms with van der Waals surface area (Å²) in [4.78, 5) is 39.1. The van der Waals surface area contributed by atoms with Gasteiger partial charge in [-0.1, -0.05) is 30.3 Å². The van der Waals surface area contributed by atoms with Crippen LogP contribution in [0.5, 0.6) is 11.5 Å². The molecule has 0 atom stereocenters. The lowest BCUT2D eigenvalue weighted by molar-refractivity contribution is -0.122. The minimum atomic E-state index is -0.816. The molecule has 1 fully saturated rings. The van der Waals surface area contributed by atoms with Crippen molar-refractivity contribution in [3.63, 3.8) is 0 Å². The third-order valence-corrected chi connectivity index (χ3v) is 6.24. The smallest absolute Gasteiger partial charge is 0.335 e. The van der Waals surface area contributed by atoms with Gasteiger partial charge in [0.05, 0.1) is 21.2 Å². The summed E-state index contributed by atoms with van der Waals surface area (Å²) in [7, 11) is 0. The molecule has 0 unspecified atom stereocenters. The minimum Gasteiger partial charge on any atom is -0.492 e. The van der Waals surface area contributed by atoms with Crippen molar-refractivity contribution in [1.82, 2.24) is 5.32 Å². The molecule has 4 amide bonds. The maximum absolute atomic E-state index is 13.2. The number of carbonyl (C=O) groups excluding carboxylic acids is 3. The first-order valence-electron chi connectivity index (χ1n) is 10.7. The average molecular weight is 600 g/mol. The van der Waals surface area contributed by atoms with Gasteiger partial charge in [0, 0.05) is 0 Å². The van der Waals surface area contributed by atoms with Gasteiger partial charge in [-0.25, -0.2) is 9.69 Å². The Labute approximate surface area is 219 Å². The number of ether oxygens (including phenoxy) is 2. The molecule has 4 rings (SSSR count). The molecule has 1 aliphatic heterocycles. The molecule has 0 saturated carbocycles. The third kappa shape index (κ3) is 5.63. The SMILES string of the molecule is CCOc1c(Br)cc(/C=C2\C(=O)NC(=O)N(c3ccc(OCc4ccccc4)cc3)C2=O)cc1Br. The zero-order valence-electron chi connectivity index (χ0n) is 18.6. The van der Waals surface area contributed by atoms with Crippen LogP contribution < -0.4 is 19.7 Å². The Kier molecular flexibility index (Phi) is 7.67. The van der Waals surface area contributed by atoms with Crippen molar-refractivity contribution in [2.24, 2.45) is 0 Å². The van der Waals surface area contributed by atoms with E-state index in [0.717, 1.165) is 10.5 Å². The number of benzene rings is 3. The first-order chi connectivity index (χ1) is 16.9. The van der Waals surface area contributed by atoms with E-state index in [1.165, 1.54) is 6.08 Å². The highest BCUT2D eigenvalue weighted by atomic mass is 79.9. The number of anilines is 1. The van der Waals surface area contributed by atoms with Crippen molar-refractivity contribution in [3.8, 4) is 11.5 Å². The van der Waals surface area contributed by atoms with E-state index < -0.39 is 17.8 Å². The summed E-state index contributed by atoms with van der Waals surface area (Å²) in [5.74, 6) is -0.295. The number of rotatable bonds is 7. The van der Waals surface area contributed by atoms with E-state index in [2.05, 4.69) is 37.2 Å². The Balaban J connectivity index is 1.56. The predicted molar refractivity (Wildman–Crippen MR) is 139 cm³/mol. The second kappa shape index (κ2) is 10.9. The molecular weight excluding hydrogens is 580 g/mol. The fraction of sp³-hybridized carbons (Fsp3) is 0.115. The molecule has 1 N–H and O–H groups in total. The second-order valence-corrected chi connectivity index (χ2v) is 9.18. The molecule has 3 aromatic carbocycles. The summed E-state index contributed by atoms with van der Waals surface area (Å²) in [6.45, 7) is 2.73. The molecular formula is C26H20Br2N2O5. The summed E-state index contributed by atoms with van der Waals surface area (Å²) < 4.78 is 12.6. The molecule has 0 radical (unpaired) electrons. The van der Waals surface area contributed by atoms with Crippen LogP contribution in [0.2, 0.25) is 0 Å². The lowest BCUT2D eigenvalue weighted by Gasteiger charge is -2.26. The summed E-state index contributed by atoms with van der Waals surface area (Å²) in [6, 6.07) is 18.9. The van der Waals surface area contributed by atoms with Gasteiger partial charge in [0.2, 0.25) is 0 Å². The van der Waals surface area contributed by atoms with Crippen LogP contribution in [0.4, 0.5) is 10.5 Å². The third-order valence-electron chi connectivity index (χ3n) is 5.07. The van der Waals surface area contributed by atoms with E-state index in [9.17, 15) is 14.4 Å². The Hall–Kier alpha value is -3.43. The zero-order valence-corrected chi connectivity index (χ0v) is 21.8. The van der Waals surface area contributed by atoms with Gasteiger partial charge in [-0.15, -0.1) is 0 Å². The van der Waals surface area contributed by atoms with E-state index in [4.69, 9.17) is 9.47 Å². The summed E-state index contributed by atoms with van der Waals surface area (Å²) in [5.41, 5.74) is 1.73. The maximum atomic E-state index is 13.2. The number of carbonyl (C=O) groups is 3. The highest BCUT2D eigenvalue weighted by molar-refractivity contribution is 9.11. The Morgan fingerprint density at radius 1 is 0.914 bits per heavy atom. The molecule has 3 aromatic rings. The van der Waals surface area contributed by atoms with Gasteiger partial charge in [-0.3, -0.25) is 14.9 Å². The van der Waals surface area contributed by atoms with Crippen LogP contribution in [-0.2, 0) is 16.2 Å². The van der Waals surface area contributed by atoms with Crippen molar-refractivity contribution in [2.75, 3.05) is 11.5 Å². The number of barbiturate groups is 1. The molecule has 35 heavy (non-hydrogen) atoms. The molecule has 7 nitrogen and oxygen atoms in total. The normalized spacial score (nSPS) is 14.8. The summed E-state index contributed by atoms with van der Waals surface area (Å²) >= 11 is 6.88. The number of urea groups is 1. The second-order valence-electron chi connectivity index (χ2n) is 7.47. The molecule has 0 spiro atoms. The highest BCUT2D eigenvalue weighted by Crippen LogP contribution is 2.35. The van der Waals surface area contributed by atoms with Gasteiger partial charge in [-0.2, -0.15) is 0 Å². The fourth-order valence-electron chi connectivity index (χ4n) is 3.44. The first-order valence-corrected chi connectivity index (χ1v) is 12.3. The van der Waals surface area contributed by atoms with E-state index in [1.54, 1.807) is 36.4 Å². The average Bonchev–Trinajstić information content (AvgIpc) is 2.84. The highest BCUT2D eigenvalue weighted by Gasteiger charge is 2.36. The van der Waals surface area contributed by atoms with E-state index in [0.29, 0.717) is 44.9 Å². The van der Waals surface area contributed by atoms with Crippen molar-refractivity contribution in [3.05, 3.63) is 92.4 Å². The molecule has 1 aliphatic rings. The van der Waals surface area contributed by atoms with E-state index in [1.807, 2.05) is 37.3 Å². The Morgan fingerprint density at radius 3 is 2.20 bits per heavy atom. The van der Waals surface area contributed by atoms with E-state index in [-0.39, 0.29) is 5.57 Å². The molecule has 0 aromatic heterocycles. The number of imide groups is 2. The van der Waals surface area contributed by atoms with Crippen molar-refractivity contribution in [1.29, 1.82) is 0 Å². The van der Waals surface area contributed by atoms with Gasteiger partial charge < -0.3 is 9.47 Å². The Morgan fingerprint density at radius 2 is 1.57 bits per heavy atom. The van der Waals surface area contributed by atoms with Crippen LogP contribution in [-0.4, -0.2) is 24.5 Å². The quantitative estimate of drug-likeness (QED) is 0.272. The van der Waals surface area contributed by atoms with Crippen molar-refractivity contribution >= 4 is 61.5 Å². The molecule has 9 heteroatoms. The topological polar surface area (TPSA) is 84.9 Å². The van der Waals surface area contributed by atoms with Gasteiger partial charge in [-0.05, 0) is 92.4 Å². The monoisotopic (exact) mass is 598 g/mol. The number of nitrogens with one attached hydrogen (secondary N) is 1. The van der Waals surface area contributed by atoms with Crippen LogP contribution in [0, 0.1) is 0 Å². The van der Waals surface area contributed by atoms with Crippen molar-refractivity contribution in [2.45, 2.75) is 13.5 Å². The summed E-state index contributed by atoms with van der Waals surface area (Å²) in [5, 5.41) is 2.23. The summed E-state index contributed by atoms with van der Waals surface area (Å²) in [6.07, 6.45) is 1.43. The number of amides is 4. The minimum absolute atomic E-state index is 0.169. The van der Waals surface area contributed by atoms with Crippen LogP contribution >= 0.6 is 31.9 Å². The van der Waals surface area contributed by atoms with Crippen LogP contribution in [0.1, 0.15) is 18.1 Å². The molecule has 1 heterocycles. The number of hydrogen-bond donors (Lipinski definition) is 1. The fourth-order valence-corrected chi connectivity index (χ4v) is 4.89. The largest absolute Gasteiger partial charge is 0.492 e. The van der Waals surface area contributed by atoms with Gasteiger partial charge in [0.15, 0.2) is 0 Å². The lowest BCUT2D eigenvalue weighted by Crippen LogP contribution is -2.54. The van der Waals surface area contributed by atoms with Gasteiger partial charge >= 0.3 is 6.03 Å². The molecule has 178 valence electrons. The zero-order chi connectivity index (χ0) is 24.9. The first kappa shape index (κ1) is 24.7. The van der Waals surface area contributed by atoms with Crippen LogP contribution in [0.15, 0.2) is 81.2 Å². The number of halogens is 2. The molecule has 1 saturated heterocycles. The van der Waals surface area contributed by atoms with Crippen LogP contribution in [0.25, 0.3) is 6.08 Å². The van der Waals surface area contributed by atoms with Crippen LogP contribution in [0.3, 0.4) is 0 Å². The van der Waals surface area contributed by atoms with E-state index >= 15 is 0 Å².